The van der Waals surface area contributed by atoms with Crippen LogP contribution in [0.3, 0.4) is 0 Å². The van der Waals surface area contributed by atoms with Crippen molar-refractivity contribution >= 4 is 12.1 Å². The summed E-state index contributed by atoms with van der Waals surface area (Å²) in [5.74, 6) is -0.611. The van der Waals surface area contributed by atoms with Crippen molar-refractivity contribution in [2.24, 2.45) is 11.1 Å². The molecule has 0 heterocycles. The number of carbonyl (C=O) groups is 2. The van der Waals surface area contributed by atoms with Crippen LogP contribution < -0.4 is 5.73 Å². The van der Waals surface area contributed by atoms with Gasteiger partial charge in [0, 0.05) is 0 Å². The summed E-state index contributed by atoms with van der Waals surface area (Å²) in [6, 6.07) is 0. The maximum absolute atomic E-state index is 10.8. The van der Waals surface area contributed by atoms with Crippen LogP contribution in [-0.2, 0) is 9.53 Å². The summed E-state index contributed by atoms with van der Waals surface area (Å²) in [6.45, 7) is 4.91. The molecule has 58 valence electrons. The maximum atomic E-state index is 10.8. The molecule has 0 aliphatic carbocycles. The first-order valence-corrected chi connectivity index (χ1v) is 2.86. The first-order chi connectivity index (χ1) is 4.34. The van der Waals surface area contributed by atoms with Crippen molar-refractivity contribution in [2.75, 3.05) is 0 Å². The number of rotatable bonds is 0. The molecule has 0 saturated heterocycles. The molecule has 4 nitrogen and oxygen atoms in total. The van der Waals surface area contributed by atoms with Gasteiger partial charge in [-0.2, -0.15) is 0 Å². The van der Waals surface area contributed by atoms with Crippen molar-refractivity contribution in [3.8, 4) is 0 Å². The van der Waals surface area contributed by atoms with Crippen LogP contribution in [0, 0.1) is 5.41 Å². The molecule has 0 aliphatic heterocycles. The molecule has 0 spiro atoms. The molecule has 0 unspecified atom stereocenters. The number of esters is 1. The van der Waals surface area contributed by atoms with Crippen molar-refractivity contribution in [1.82, 2.24) is 0 Å². The Morgan fingerprint density at radius 2 is 1.70 bits per heavy atom. The Bertz CT molecular complexity index is 157. The van der Waals surface area contributed by atoms with Crippen LogP contribution in [0.25, 0.3) is 0 Å². The number of nitrogens with two attached hydrogens (primary N) is 1. The van der Waals surface area contributed by atoms with Crippen molar-refractivity contribution in [3.05, 3.63) is 0 Å². The van der Waals surface area contributed by atoms with Gasteiger partial charge in [0.15, 0.2) is 0 Å². The molecule has 0 fully saturated rings. The molecule has 10 heavy (non-hydrogen) atoms. The summed E-state index contributed by atoms with van der Waals surface area (Å²) in [5, 5.41) is 0. The van der Waals surface area contributed by atoms with E-state index in [4.69, 9.17) is 0 Å². The Kier molecular flexibility index (Phi) is 2.40. The number of carbonyl (C=O) groups excluding carboxylic acids is 2. The quantitative estimate of drug-likeness (QED) is 0.402. The van der Waals surface area contributed by atoms with E-state index in [2.05, 4.69) is 10.5 Å². The molecule has 0 aromatic heterocycles. The van der Waals surface area contributed by atoms with Crippen LogP contribution >= 0.6 is 0 Å². The minimum absolute atomic E-state index is 0.611. The zero-order chi connectivity index (χ0) is 8.36. The Balaban J connectivity index is 3.99. The zero-order valence-electron chi connectivity index (χ0n) is 6.30. The van der Waals surface area contributed by atoms with E-state index in [1.165, 1.54) is 0 Å². The van der Waals surface area contributed by atoms with E-state index in [1.807, 2.05) is 0 Å². The lowest BCUT2D eigenvalue weighted by Crippen LogP contribution is -2.28. The van der Waals surface area contributed by atoms with E-state index in [1.54, 1.807) is 20.8 Å². The Morgan fingerprint density at radius 3 is 1.80 bits per heavy atom. The second kappa shape index (κ2) is 2.68. The lowest BCUT2D eigenvalue weighted by molar-refractivity contribution is -0.145. The third kappa shape index (κ3) is 3.06. The number of hydrogen-bond acceptors (Lipinski definition) is 3. The predicted octanol–water partition coefficient (Wildman–Crippen LogP) is 0.654. The fraction of sp³-hybridized carbons (Fsp3) is 0.667. The lowest BCUT2D eigenvalue weighted by Gasteiger charge is -2.13. The predicted molar refractivity (Wildman–Crippen MR) is 35.1 cm³/mol. The van der Waals surface area contributed by atoms with Gasteiger partial charge in [0.2, 0.25) is 0 Å². The maximum Gasteiger partial charge on any atom is 0.412 e. The monoisotopic (exact) mass is 145 g/mol. The fourth-order valence-corrected chi connectivity index (χ4v) is 0.244. The number of ether oxygens (including phenoxy) is 1. The summed E-state index contributed by atoms with van der Waals surface area (Å²) < 4.78 is 4.11. The first-order valence-electron chi connectivity index (χ1n) is 2.86. The number of hydrogen-bond donors (Lipinski definition) is 1. The van der Waals surface area contributed by atoms with E-state index in [0.717, 1.165) is 0 Å². The van der Waals surface area contributed by atoms with Gasteiger partial charge >= 0.3 is 12.1 Å². The summed E-state index contributed by atoms with van der Waals surface area (Å²) in [7, 11) is 0. The SMILES string of the molecule is CC(C)(C)C(=O)OC(N)=O. The van der Waals surface area contributed by atoms with E-state index in [9.17, 15) is 9.59 Å². The van der Waals surface area contributed by atoms with Crippen LogP contribution in [0.1, 0.15) is 20.8 Å². The fourth-order valence-electron chi connectivity index (χ4n) is 0.244. The number of amides is 1. The summed E-state index contributed by atoms with van der Waals surface area (Å²) in [5.41, 5.74) is 3.94. The molecule has 0 rings (SSSR count). The lowest BCUT2D eigenvalue weighted by atomic mass is 9.98. The summed E-state index contributed by atoms with van der Waals surface area (Å²) >= 11 is 0. The van der Waals surface area contributed by atoms with Crippen LogP contribution in [0.4, 0.5) is 4.79 Å². The summed E-state index contributed by atoms with van der Waals surface area (Å²) in [6.07, 6.45) is -1.06. The van der Waals surface area contributed by atoms with Gasteiger partial charge in [0.25, 0.3) is 0 Å². The molecular formula is C6H11NO3. The molecule has 1 amide bonds. The highest BCUT2D eigenvalue weighted by molar-refractivity contribution is 5.86. The van der Waals surface area contributed by atoms with Gasteiger partial charge in [-0.15, -0.1) is 0 Å². The molecule has 2 N–H and O–H groups in total. The van der Waals surface area contributed by atoms with Crippen molar-refractivity contribution in [3.63, 3.8) is 0 Å². The van der Waals surface area contributed by atoms with Crippen molar-refractivity contribution in [2.45, 2.75) is 20.8 Å². The molecule has 0 atom stereocenters. The molecule has 0 bridgehead atoms. The summed E-state index contributed by atoms with van der Waals surface area (Å²) in [4.78, 5) is 20.8. The number of primary amides is 1. The van der Waals surface area contributed by atoms with Crippen LogP contribution in [0.2, 0.25) is 0 Å². The van der Waals surface area contributed by atoms with Crippen LogP contribution in [0.5, 0.6) is 0 Å². The van der Waals surface area contributed by atoms with E-state index >= 15 is 0 Å². The van der Waals surface area contributed by atoms with Crippen LogP contribution in [-0.4, -0.2) is 12.1 Å². The topological polar surface area (TPSA) is 69.4 Å². The highest BCUT2D eigenvalue weighted by Gasteiger charge is 2.24. The molecule has 4 heteroatoms. The molecule has 0 aromatic carbocycles. The molecular weight excluding hydrogens is 134 g/mol. The first kappa shape index (κ1) is 8.94. The van der Waals surface area contributed by atoms with E-state index in [0.29, 0.717) is 0 Å². The van der Waals surface area contributed by atoms with Gasteiger partial charge in [-0.05, 0) is 20.8 Å². The van der Waals surface area contributed by atoms with E-state index < -0.39 is 17.5 Å². The third-order valence-corrected chi connectivity index (χ3v) is 0.806. The largest absolute Gasteiger partial charge is 0.412 e. The Morgan fingerprint density at radius 1 is 1.30 bits per heavy atom. The molecule has 0 saturated carbocycles. The van der Waals surface area contributed by atoms with Gasteiger partial charge in [-0.3, -0.25) is 4.79 Å². The van der Waals surface area contributed by atoms with Gasteiger partial charge in [0.05, 0.1) is 5.41 Å². The second-order valence-corrected chi connectivity index (χ2v) is 2.96. The average molecular weight is 145 g/mol. The third-order valence-electron chi connectivity index (χ3n) is 0.806. The van der Waals surface area contributed by atoms with Crippen LogP contribution in [0.15, 0.2) is 0 Å². The van der Waals surface area contributed by atoms with Crippen molar-refractivity contribution in [1.29, 1.82) is 0 Å². The van der Waals surface area contributed by atoms with Gasteiger partial charge < -0.3 is 10.5 Å². The highest BCUT2D eigenvalue weighted by atomic mass is 16.6. The standard InChI is InChI=1S/C6H11NO3/c1-6(2,3)4(8)10-5(7)9/h1-3H3,(H2,7,9). The van der Waals surface area contributed by atoms with E-state index in [-0.39, 0.29) is 0 Å². The second-order valence-electron chi connectivity index (χ2n) is 2.96. The zero-order valence-corrected chi connectivity index (χ0v) is 6.30. The normalized spacial score (nSPS) is 10.7. The van der Waals surface area contributed by atoms with Gasteiger partial charge in [0.1, 0.15) is 0 Å². The average Bonchev–Trinajstić information content (AvgIpc) is 1.60. The smallest absolute Gasteiger partial charge is 0.376 e. The molecule has 0 aliphatic rings. The Hall–Kier alpha value is -1.06. The minimum atomic E-state index is -1.06. The Labute approximate surface area is 59.3 Å². The van der Waals surface area contributed by atoms with Gasteiger partial charge in [-0.1, -0.05) is 0 Å². The minimum Gasteiger partial charge on any atom is -0.376 e. The molecule has 0 radical (unpaired) electrons. The van der Waals surface area contributed by atoms with Gasteiger partial charge in [-0.25, -0.2) is 4.79 Å². The highest BCUT2D eigenvalue weighted by Crippen LogP contribution is 2.14. The van der Waals surface area contributed by atoms with Crippen molar-refractivity contribution < 1.29 is 14.3 Å². The molecule has 0 aromatic rings.